The molecule has 0 fully saturated rings. The first-order chi connectivity index (χ1) is 5.20. The maximum absolute atomic E-state index is 8.36. The number of hydrogen-bond acceptors (Lipinski definition) is 9. The first kappa shape index (κ1) is 187. The molecule has 0 saturated carbocycles. The van der Waals surface area contributed by atoms with E-state index in [1.807, 2.05) is 0 Å². The van der Waals surface area contributed by atoms with Crippen LogP contribution in [0.15, 0.2) is 0 Å². The van der Waals surface area contributed by atoms with Gasteiger partial charge < -0.3 is 96.8 Å². The molecule has 0 bridgehead atoms. The van der Waals surface area contributed by atoms with Crippen molar-refractivity contribution in [2.75, 3.05) is 0 Å². The van der Waals surface area contributed by atoms with Gasteiger partial charge in [0.05, 0.1) is 10.2 Å². The smallest absolute Gasteiger partial charge is 0.412 e. The predicted molar refractivity (Wildman–Crippen MR) is 76.4 cm³/mol. The van der Waals surface area contributed by atoms with Gasteiger partial charge in [-0.15, -0.1) is 10.1 Å². The zero-order chi connectivity index (χ0) is 10.7. The summed E-state index contributed by atoms with van der Waals surface area (Å²) >= 11 is 0. The van der Waals surface area contributed by atoms with Gasteiger partial charge in [-0.2, -0.15) is 0 Å². The first-order valence-electron chi connectivity index (χ1n) is 1.66. The molecule has 0 unspecified atom stereocenters. The van der Waals surface area contributed by atoms with Crippen molar-refractivity contribution in [3.05, 3.63) is 40.8 Å². The van der Waals surface area contributed by atoms with Crippen LogP contribution in [0, 0.1) is 40.8 Å². The third-order valence-corrected chi connectivity index (χ3v) is 0. The van der Waals surface area contributed by atoms with E-state index in [4.69, 9.17) is 46.0 Å². The third kappa shape index (κ3) is 3080. The SMILES string of the molecule is N.O.O.O.O.O.O.O.O.O.O.O=[N+]([O-])O.O=[N+]([O-])[O-].O=[N+]([O-])[O-].[Ca+2]. The Balaban J connectivity index is -0.00000000312. The molecule has 24 heteroatoms. The van der Waals surface area contributed by atoms with Crippen LogP contribution >= 0.6 is 0 Å². The van der Waals surface area contributed by atoms with Crippen LogP contribution in [0.25, 0.3) is 0 Å². The maximum Gasteiger partial charge on any atom is 2.00 e. The molecule has 0 saturated heterocycles. The zero-order valence-corrected chi connectivity index (χ0v) is 13.7. The molecule has 24 N–H and O–H groups in total. The second-order valence-corrected chi connectivity index (χ2v) is 0.685. The normalized spacial score (nSPS) is 3.00. The van der Waals surface area contributed by atoms with E-state index >= 15 is 0 Å². The van der Waals surface area contributed by atoms with Crippen molar-refractivity contribution >= 4 is 37.7 Å². The molecule has 0 spiro atoms. The van der Waals surface area contributed by atoms with Crippen molar-refractivity contribution in [3.8, 4) is 0 Å². The molecule has 0 aromatic carbocycles. The molecule has 23 nitrogen and oxygen atoms in total. The minimum absolute atomic E-state index is 0. The Kier molecular flexibility index (Phi) is 1260. The average Bonchev–Trinajstić information content (AvgIpc) is 1.54. The van der Waals surface area contributed by atoms with Crippen LogP contribution in [0.4, 0.5) is 0 Å². The summed E-state index contributed by atoms with van der Waals surface area (Å²) in [7, 11) is 0. The Morgan fingerprint density at radius 1 is 0.500 bits per heavy atom. The summed E-state index contributed by atoms with van der Waals surface area (Å²) in [6.45, 7) is 0. The van der Waals surface area contributed by atoms with Crippen molar-refractivity contribution in [3.63, 3.8) is 0 Å². The van der Waals surface area contributed by atoms with E-state index in [9.17, 15) is 0 Å². The van der Waals surface area contributed by atoms with Gasteiger partial charge in [0.2, 0.25) is 0 Å². The van der Waals surface area contributed by atoms with Crippen LogP contribution in [0.3, 0.4) is 0 Å². The standard InChI is InChI=1S/Ca.HNO3.2NO3.H3N.10H2O/c;3*2-1(3)4;;;;;;;;;;;/h;(H,2,3,4);;;1H3;10*1H2/q+2;;2*-1;;;;;;;;;;;. The summed E-state index contributed by atoms with van der Waals surface area (Å²) in [5.74, 6) is 0. The molecular formula is H24CaN4O19. The van der Waals surface area contributed by atoms with Crippen LogP contribution in [0.1, 0.15) is 0 Å². The van der Waals surface area contributed by atoms with Crippen LogP contribution in [0.2, 0.25) is 0 Å². The fourth-order valence-electron chi connectivity index (χ4n) is 0. The second kappa shape index (κ2) is 162. The van der Waals surface area contributed by atoms with Gasteiger partial charge in [-0.3, -0.25) is 0 Å². The fourth-order valence-corrected chi connectivity index (χ4v) is 0. The summed E-state index contributed by atoms with van der Waals surface area (Å²) in [6, 6.07) is 0. The molecule has 0 aromatic rings. The van der Waals surface area contributed by atoms with Crippen molar-refractivity contribution < 1.29 is 75.2 Å². The molecule has 0 aliphatic carbocycles. The average molecular weight is 424 g/mol. The van der Waals surface area contributed by atoms with Crippen molar-refractivity contribution in [1.82, 2.24) is 6.15 Å². The molecule has 160 valence electrons. The van der Waals surface area contributed by atoms with Crippen molar-refractivity contribution in [1.29, 1.82) is 0 Å². The van der Waals surface area contributed by atoms with Gasteiger partial charge in [0.25, 0.3) is 5.09 Å². The fraction of sp³-hybridized carbons (Fsp3) is 0. The summed E-state index contributed by atoms with van der Waals surface area (Å²) in [4.78, 5) is 24.9. The number of nitrogens with zero attached hydrogens (tertiary/aromatic N) is 3. The molecule has 0 aromatic heterocycles. The van der Waals surface area contributed by atoms with Crippen LogP contribution in [-0.4, -0.2) is 113 Å². The molecule has 0 radical (unpaired) electrons. The zero-order valence-electron chi connectivity index (χ0n) is 11.5. The monoisotopic (exact) mass is 424 g/mol. The Morgan fingerprint density at radius 3 is 0.500 bits per heavy atom. The van der Waals surface area contributed by atoms with E-state index in [1.54, 1.807) is 0 Å². The second-order valence-electron chi connectivity index (χ2n) is 0.685. The Morgan fingerprint density at radius 2 is 0.500 bits per heavy atom. The first-order valence-corrected chi connectivity index (χ1v) is 1.66. The third-order valence-electron chi connectivity index (χ3n) is 0. The summed E-state index contributed by atoms with van der Waals surface area (Å²) in [5, 5.41) is 43.1. The van der Waals surface area contributed by atoms with Crippen LogP contribution in [0.5, 0.6) is 0 Å². The predicted octanol–water partition coefficient (Wildman–Crippen LogP) is -9.29. The van der Waals surface area contributed by atoms with Gasteiger partial charge in [0, 0.05) is 0 Å². The summed E-state index contributed by atoms with van der Waals surface area (Å²) in [5.41, 5.74) is 0. The Hall–Kier alpha value is -1.58. The molecule has 0 aliphatic heterocycles. The van der Waals surface area contributed by atoms with E-state index in [0.717, 1.165) is 0 Å². The molecule has 0 heterocycles. The molecule has 0 aliphatic rings. The van der Waals surface area contributed by atoms with E-state index < -0.39 is 15.3 Å². The van der Waals surface area contributed by atoms with Gasteiger partial charge in [0.15, 0.2) is 0 Å². The van der Waals surface area contributed by atoms with Crippen LogP contribution in [-0.2, 0) is 0 Å². The van der Waals surface area contributed by atoms with Crippen molar-refractivity contribution in [2.45, 2.75) is 0 Å². The van der Waals surface area contributed by atoms with Gasteiger partial charge in [-0.1, -0.05) is 0 Å². The minimum atomic E-state index is -1.75. The van der Waals surface area contributed by atoms with Gasteiger partial charge in [-0.25, -0.2) is 0 Å². The Bertz CT molecular complexity index is 119. The number of hydrogen-bond donors (Lipinski definition) is 2. The molecule has 0 atom stereocenters. The van der Waals surface area contributed by atoms with Gasteiger partial charge >= 0.3 is 37.7 Å². The largest absolute Gasteiger partial charge is 2.00 e. The Labute approximate surface area is 160 Å². The van der Waals surface area contributed by atoms with E-state index in [0.29, 0.717) is 0 Å². The summed E-state index contributed by atoms with van der Waals surface area (Å²) < 4.78 is 0. The molecule has 24 heavy (non-hydrogen) atoms. The van der Waals surface area contributed by atoms with E-state index in [-0.39, 0.29) is 98.7 Å². The van der Waals surface area contributed by atoms with E-state index in [1.165, 1.54) is 0 Å². The maximum atomic E-state index is 8.36. The topological polar surface area (TPSA) is 546 Å². The minimum Gasteiger partial charge on any atom is -0.412 e. The van der Waals surface area contributed by atoms with Crippen molar-refractivity contribution in [2.24, 2.45) is 0 Å². The van der Waals surface area contributed by atoms with E-state index in [2.05, 4.69) is 0 Å². The summed E-state index contributed by atoms with van der Waals surface area (Å²) in [6.07, 6.45) is 0. The number of rotatable bonds is 0. The molecule has 0 rings (SSSR count). The molecular weight excluding hydrogens is 400 g/mol. The van der Waals surface area contributed by atoms with Crippen LogP contribution < -0.4 is 6.15 Å². The van der Waals surface area contributed by atoms with Gasteiger partial charge in [-0.05, 0) is 0 Å². The van der Waals surface area contributed by atoms with Gasteiger partial charge in [0.1, 0.15) is 0 Å². The molecule has 0 amide bonds. The quantitative estimate of drug-likeness (QED) is 0.210.